The number of hydrogen-bond donors (Lipinski definition) is 1. The van der Waals surface area contributed by atoms with Crippen LogP contribution in [-0.2, 0) is 16.6 Å². The van der Waals surface area contributed by atoms with Crippen molar-refractivity contribution >= 4 is 10.0 Å². The van der Waals surface area contributed by atoms with Gasteiger partial charge >= 0.3 is 0 Å². The fourth-order valence-corrected chi connectivity index (χ4v) is 3.87. The molecule has 0 bridgehead atoms. The Morgan fingerprint density at radius 3 is 3.05 bits per heavy atom. The lowest BCUT2D eigenvalue weighted by atomic mass is 10.2. The predicted octanol–water partition coefficient (Wildman–Crippen LogP) is 0.539. The Hall–Kier alpha value is -1.31. The van der Waals surface area contributed by atoms with E-state index in [-0.39, 0.29) is 12.0 Å². The number of benzene rings is 1. The normalized spacial score (nSPS) is 22.4. The molecule has 1 aromatic carbocycles. The Morgan fingerprint density at radius 2 is 2.25 bits per heavy atom. The molecule has 1 unspecified atom stereocenters. The highest BCUT2D eigenvalue weighted by atomic mass is 32.2. The summed E-state index contributed by atoms with van der Waals surface area (Å²) in [4.78, 5) is 2.14. The smallest absolute Gasteiger partial charge is 0.231 e. The molecule has 2 heterocycles. The first kappa shape index (κ1) is 13.7. The molecular formula is C13H18N2O4S. The number of fused-ring (bicyclic) bond motifs is 1. The van der Waals surface area contributed by atoms with Gasteiger partial charge in [-0.3, -0.25) is 4.90 Å². The van der Waals surface area contributed by atoms with Crippen LogP contribution < -0.4 is 14.2 Å². The van der Waals surface area contributed by atoms with Crippen molar-refractivity contribution in [2.24, 2.45) is 0 Å². The van der Waals surface area contributed by atoms with Gasteiger partial charge in [-0.05, 0) is 26.1 Å². The highest BCUT2D eigenvalue weighted by Gasteiger charge is 2.32. The van der Waals surface area contributed by atoms with E-state index in [1.54, 1.807) is 0 Å². The standard InChI is InChI=1S/C13H18N2O4S/c1-14-20(16,17)11-5-6-15(8-11)7-10-3-2-4-12-13(10)19-9-18-12/h2-4,11,14H,5-9H2,1H3. The molecule has 1 saturated heterocycles. The van der Waals surface area contributed by atoms with Crippen molar-refractivity contribution in [1.82, 2.24) is 9.62 Å². The molecule has 3 rings (SSSR count). The van der Waals surface area contributed by atoms with E-state index in [4.69, 9.17) is 9.47 Å². The van der Waals surface area contributed by atoms with Crippen LogP contribution in [-0.4, -0.2) is 45.5 Å². The average Bonchev–Trinajstić information content (AvgIpc) is 3.08. The predicted molar refractivity (Wildman–Crippen MR) is 74.2 cm³/mol. The van der Waals surface area contributed by atoms with Crippen LogP contribution in [0.3, 0.4) is 0 Å². The summed E-state index contributed by atoms with van der Waals surface area (Å²) in [6.07, 6.45) is 0.662. The van der Waals surface area contributed by atoms with Gasteiger partial charge in [-0.15, -0.1) is 0 Å². The summed E-state index contributed by atoms with van der Waals surface area (Å²) in [6, 6.07) is 5.80. The van der Waals surface area contributed by atoms with E-state index >= 15 is 0 Å². The second kappa shape index (κ2) is 5.23. The molecular weight excluding hydrogens is 280 g/mol. The van der Waals surface area contributed by atoms with Gasteiger partial charge in [-0.1, -0.05) is 12.1 Å². The zero-order valence-corrected chi connectivity index (χ0v) is 12.1. The van der Waals surface area contributed by atoms with Gasteiger partial charge in [0.05, 0.1) is 5.25 Å². The summed E-state index contributed by atoms with van der Waals surface area (Å²) in [5, 5.41) is -0.332. The van der Waals surface area contributed by atoms with Crippen molar-refractivity contribution < 1.29 is 17.9 Å². The molecule has 1 aromatic rings. The van der Waals surface area contributed by atoms with Crippen LogP contribution in [0.1, 0.15) is 12.0 Å². The lowest BCUT2D eigenvalue weighted by molar-refractivity contribution is 0.172. The van der Waals surface area contributed by atoms with Gasteiger partial charge in [0.2, 0.25) is 16.8 Å². The van der Waals surface area contributed by atoms with Gasteiger partial charge in [0.15, 0.2) is 11.5 Å². The van der Waals surface area contributed by atoms with E-state index < -0.39 is 10.0 Å². The monoisotopic (exact) mass is 298 g/mol. The minimum atomic E-state index is -3.18. The third-order valence-electron chi connectivity index (χ3n) is 3.82. The first-order valence-electron chi connectivity index (χ1n) is 6.62. The van der Waals surface area contributed by atoms with E-state index in [9.17, 15) is 8.42 Å². The van der Waals surface area contributed by atoms with Gasteiger partial charge in [-0.25, -0.2) is 13.1 Å². The number of nitrogens with zero attached hydrogens (tertiary/aromatic N) is 1. The largest absolute Gasteiger partial charge is 0.454 e. The topological polar surface area (TPSA) is 67.9 Å². The average molecular weight is 298 g/mol. The third-order valence-corrected chi connectivity index (χ3v) is 5.66. The Kier molecular flexibility index (Phi) is 3.57. The molecule has 0 spiro atoms. The van der Waals surface area contributed by atoms with Crippen molar-refractivity contribution in [2.45, 2.75) is 18.2 Å². The molecule has 1 N–H and O–H groups in total. The molecule has 0 radical (unpaired) electrons. The van der Waals surface area contributed by atoms with E-state index in [1.165, 1.54) is 7.05 Å². The molecule has 6 nitrogen and oxygen atoms in total. The summed E-state index contributed by atoms with van der Waals surface area (Å²) in [6.45, 7) is 2.26. The zero-order chi connectivity index (χ0) is 14.2. The Labute approximate surface area is 118 Å². The summed E-state index contributed by atoms with van der Waals surface area (Å²) >= 11 is 0. The molecule has 7 heteroatoms. The highest BCUT2D eigenvalue weighted by Crippen LogP contribution is 2.36. The summed E-state index contributed by atoms with van der Waals surface area (Å²) < 4.78 is 36.8. The second-order valence-electron chi connectivity index (χ2n) is 5.05. The number of sulfonamides is 1. The Balaban J connectivity index is 1.70. The molecule has 0 aromatic heterocycles. The van der Waals surface area contributed by atoms with Crippen molar-refractivity contribution in [3.8, 4) is 11.5 Å². The first-order valence-corrected chi connectivity index (χ1v) is 8.17. The van der Waals surface area contributed by atoms with Crippen LogP contribution >= 0.6 is 0 Å². The molecule has 2 aliphatic rings. The molecule has 0 saturated carbocycles. The van der Waals surface area contributed by atoms with Crippen molar-refractivity contribution in [3.63, 3.8) is 0 Å². The number of rotatable bonds is 4. The van der Waals surface area contributed by atoms with Crippen LogP contribution in [0.4, 0.5) is 0 Å². The van der Waals surface area contributed by atoms with Crippen LogP contribution in [0, 0.1) is 0 Å². The number of hydrogen-bond acceptors (Lipinski definition) is 5. The molecule has 0 aliphatic carbocycles. The molecule has 0 amide bonds. The highest BCUT2D eigenvalue weighted by molar-refractivity contribution is 7.90. The number of likely N-dealkylation sites (tertiary alicyclic amines) is 1. The van der Waals surface area contributed by atoms with Crippen molar-refractivity contribution in [3.05, 3.63) is 23.8 Å². The summed E-state index contributed by atoms with van der Waals surface area (Å²) in [7, 11) is -1.72. The number of nitrogens with one attached hydrogen (secondary N) is 1. The van der Waals surface area contributed by atoms with Gasteiger partial charge in [0, 0.05) is 18.7 Å². The minimum Gasteiger partial charge on any atom is -0.454 e. The van der Waals surface area contributed by atoms with Gasteiger partial charge in [-0.2, -0.15) is 0 Å². The van der Waals surface area contributed by atoms with Gasteiger partial charge in [0.1, 0.15) is 0 Å². The molecule has 20 heavy (non-hydrogen) atoms. The zero-order valence-electron chi connectivity index (χ0n) is 11.3. The molecule has 110 valence electrons. The van der Waals surface area contributed by atoms with E-state index in [2.05, 4.69) is 9.62 Å². The maximum atomic E-state index is 11.8. The maximum Gasteiger partial charge on any atom is 0.231 e. The van der Waals surface area contributed by atoms with Crippen LogP contribution in [0.5, 0.6) is 11.5 Å². The molecule has 1 atom stereocenters. The van der Waals surface area contributed by atoms with Crippen molar-refractivity contribution in [2.75, 3.05) is 26.9 Å². The molecule has 1 fully saturated rings. The van der Waals surface area contributed by atoms with Crippen molar-refractivity contribution in [1.29, 1.82) is 0 Å². The SMILES string of the molecule is CNS(=O)(=O)C1CCN(Cc2cccc3c2OCO3)C1. The van der Waals surface area contributed by atoms with Crippen LogP contribution in [0.25, 0.3) is 0 Å². The van der Waals surface area contributed by atoms with E-state index in [0.29, 0.717) is 19.5 Å². The van der Waals surface area contributed by atoms with E-state index in [0.717, 1.165) is 23.6 Å². The first-order chi connectivity index (χ1) is 9.60. The Morgan fingerprint density at radius 1 is 1.40 bits per heavy atom. The minimum absolute atomic E-state index is 0.253. The van der Waals surface area contributed by atoms with Gasteiger partial charge in [0.25, 0.3) is 0 Å². The van der Waals surface area contributed by atoms with E-state index in [1.807, 2.05) is 18.2 Å². The lowest BCUT2D eigenvalue weighted by Crippen LogP contribution is -2.34. The fourth-order valence-electron chi connectivity index (χ4n) is 2.72. The lowest BCUT2D eigenvalue weighted by Gasteiger charge is -2.17. The summed E-state index contributed by atoms with van der Waals surface area (Å²) in [5.41, 5.74) is 1.04. The van der Waals surface area contributed by atoms with Crippen LogP contribution in [0.15, 0.2) is 18.2 Å². The third kappa shape index (κ3) is 2.48. The fraction of sp³-hybridized carbons (Fsp3) is 0.538. The van der Waals surface area contributed by atoms with Gasteiger partial charge < -0.3 is 9.47 Å². The maximum absolute atomic E-state index is 11.8. The quantitative estimate of drug-likeness (QED) is 0.878. The summed E-state index contributed by atoms with van der Waals surface area (Å²) in [5.74, 6) is 1.55. The van der Waals surface area contributed by atoms with Crippen LogP contribution in [0.2, 0.25) is 0 Å². The number of ether oxygens (including phenoxy) is 2. The second-order valence-corrected chi connectivity index (χ2v) is 7.21. The molecule has 2 aliphatic heterocycles. The number of para-hydroxylation sites is 1. The Bertz CT molecular complexity index is 602.